The summed E-state index contributed by atoms with van der Waals surface area (Å²) in [5.74, 6) is -0.0621. The molecule has 1 aromatic rings. The molecule has 0 saturated heterocycles. The first-order valence-electron chi connectivity index (χ1n) is 8.02. The highest BCUT2D eigenvalue weighted by atomic mass is 16.3. The molecule has 1 N–H and O–H groups in total. The maximum absolute atomic E-state index is 12.5. The number of ketones is 1. The van der Waals surface area contributed by atoms with Gasteiger partial charge in [0.1, 0.15) is 5.60 Å². The lowest BCUT2D eigenvalue weighted by atomic mass is 9.76. The molecule has 1 aromatic carbocycles. The van der Waals surface area contributed by atoms with Crippen LogP contribution >= 0.6 is 0 Å². The molecule has 0 aliphatic heterocycles. The van der Waals surface area contributed by atoms with Crippen LogP contribution in [-0.4, -0.2) is 16.5 Å². The van der Waals surface area contributed by atoms with Crippen LogP contribution in [-0.2, 0) is 6.42 Å². The zero-order chi connectivity index (χ0) is 14.4. The van der Waals surface area contributed by atoms with Crippen molar-refractivity contribution in [1.82, 2.24) is 0 Å². The third-order valence-electron chi connectivity index (χ3n) is 4.44. The van der Waals surface area contributed by atoms with Crippen LogP contribution in [0, 0.1) is 0 Å². The summed E-state index contributed by atoms with van der Waals surface area (Å²) in [7, 11) is 0. The average molecular weight is 274 g/mol. The molecule has 0 heterocycles. The summed E-state index contributed by atoms with van der Waals surface area (Å²) in [5, 5.41) is 10.6. The Hall–Kier alpha value is -1.15. The highest BCUT2D eigenvalue weighted by molar-refractivity contribution is 6.04. The van der Waals surface area contributed by atoms with Gasteiger partial charge in [-0.05, 0) is 24.8 Å². The second-order valence-electron chi connectivity index (χ2n) is 6.04. The molecule has 0 fully saturated rings. The Morgan fingerprint density at radius 3 is 2.60 bits per heavy atom. The van der Waals surface area contributed by atoms with Gasteiger partial charge in [-0.25, -0.2) is 0 Å². The van der Waals surface area contributed by atoms with E-state index in [0.29, 0.717) is 12.8 Å². The fraction of sp³-hybridized carbons (Fsp3) is 0.611. The second kappa shape index (κ2) is 7.03. The minimum atomic E-state index is -1.11. The first kappa shape index (κ1) is 15.2. The Kier molecular flexibility index (Phi) is 5.36. The number of unbranched alkanes of at least 4 members (excludes halogenated alkanes) is 5. The van der Waals surface area contributed by atoms with E-state index in [1.807, 2.05) is 24.3 Å². The minimum Gasteiger partial charge on any atom is -0.382 e. The van der Waals surface area contributed by atoms with Gasteiger partial charge < -0.3 is 5.11 Å². The third kappa shape index (κ3) is 3.49. The van der Waals surface area contributed by atoms with Crippen molar-refractivity contribution < 1.29 is 9.90 Å². The molecule has 2 heteroatoms. The molecule has 0 aromatic heterocycles. The monoisotopic (exact) mass is 274 g/mol. The van der Waals surface area contributed by atoms with Crippen LogP contribution in [0.1, 0.15) is 74.2 Å². The topological polar surface area (TPSA) is 37.3 Å². The number of carbonyl (C=O) groups is 1. The second-order valence-corrected chi connectivity index (χ2v) is 6.04. The Morgan fingerprint density at radius 2 is 1.80 bits per heavy atom. The number of fused-ring (bicyclic) bond motifs is 1. The molecule has 110 valence electrons. The SMILES string of the molecule is CCCCCCCCC1(O)CCc2ccccc2C1=O. The summed E-state index contributed by atoms with van der Waals surface area (Å²) in [5.41, 5.74) is 0.705. The molecule has 2 rings (SSSR count). The van der Waals surface area contributed by atoms with E-state index >= 15 is 0 Å². The van der Waals surface area contributed by atoms with Crippen LogP contribution in [0.15, 0.2) is 24.3 Å². The molecule has 0 spiro atoms. The van der Waals surface area contributed by atoms with E-state index in [2.05, 4.69) is 6.92 Å². The number of aliphatic hydroxyl groups is 1. The fourth-order valence-corrected chi connectivity index (χ4v) is 3.10. The zero-order valence-corrected chi connectivity index (χ0v) is 12.5. The summed E-state index contributed by atoms with van der Waals surface area (Å²) < 4.78 is 0. The van der Waals surface area contributed by atoms with Crippen molar-refractivity contribution in [3.63, 3.8) is 0 Å². The van der Waals surface area contributed by atoms with Gasteiger partial charge in [-0.3, -0.25) is 4.79 Å². The number of carbonyl (C=O) groups excluding carboxylic acids is 1. The highest BCUT2D eigenvalue weighted by Gasteiger charge is 2.39. The Labute approximate surface area is 122 Å². The van der Waals surface area contributed by atoms with E-state index in [9.17, 15) is 9.90 Å². The lowest BCUT2D eigenvalue weighted by Gasteiger charge is -2.32. The summed E-state index contributed by atoms with van der Waals surface area (Å²) in [4.78, 5) is 12.5. The normalized spacial score (nSPS) is 21.8. The lowest BCUT2D eigenvalue weighted by molar-refractivity contribution is 0.0184. The van der Waals surface area contributed by atoms with Crippen LogP contribution in [0.3, 0.4) is 0 Å². The van der Waals surface area contributed by atoms with E-state index in [-0.39, 0.29) is 5.78 Å². The number of aryl methyl sites for hydroxylation is 1. The molecule has 0 amide bonds. The largest absolute Gasteiger partial charge is 0.382 e. The molecule has 20 heavy (non-hydrogen) atoms. The molecule has 0 radical (unpaired) electrons. The van der Waals surface area contributed by atoms with Crippen LogP contribution in [0.2, 0.25) is 0 Å². The van der Waals surface area contributed by atoms with E-state index in [1.165, 1.54) is 25.7 Å². The highest BCUT2D eigenvalue weighted by Crippen LogP contribution is 2.32. The predicted molar refractivity (Wildman–Crippen MR) is 82.0 cm³/mol. The van der Waals surface area contributed by atoms with E-state index in [4.69, 9.17) is 0 Å². The summed E-state index contributed by atoms with van der Waals surface area (Å²) in [6.45, 7) is 2.21. The molecule has 0 saturated carbocycles. The first-order chi connectivity index (χ1) is 9.67. The maximum Gasteiger partial charge on any atom is 0.194 e. The molecule has 1 aliphatic carbocycles. The number of benzene rings is 1. The van der Waals surface area contributed by atoms with Gasteiger partial charge in [0.2, 0.25) is 0 Å². The van der Waals surface area contributed by atoms with Crippen LogP contribution < -0.4 is 0 Å². The van der Waals surface area contributed by atoms with Gasteiger partial charge in [-0.15, -0.1) is 0 Å². The number of Topliss-reactive ketones (excluding diaryl/α,β-unsaturated/α-hetero) is 1. The summed E-state index contributed by atoms with van der Waals surface area (Å²) >= 11 is 0. The Bertz CT molecular complexity index is 452. The molecule has 1 aliphatic rings. The van der Waals surface area contributed by atoms with E-state index in [1.54, 1.807) is 0 Å². The molecular formula is C18H26O2. The van der Waals surface area contributed by atoms with Gasteiger partial charge in [0.25, 0.3) is 0 Å². The van der Waals surface area contributed by atoms with Gasteiger partial charge in [0.05, 0.1) is 0 Å². The van der Waals surface area contributed by atoms with Gasteiger partial charge in [-0.2, -0.15) is 0 Å². The van der Waals surface area contributed by atoms with Crippen molar-refractivity contribution in [3.8, 4) is 0 Å². The smallest absolute Gasteiger partial charge is 0.194 e. The van der Waals surface area contributed by atoms with Crippen molar-refractivity contribution in [2.45, 2.75) is 70.3 Å². The standard InChI is InChI=1S/C18H26O2/c1-2-3-4-5-6-9-13-18(20)14-12-15-10-7-8-11-16(15)17(18)19/h7-8,10-11,20H,2-6,9,12-14H2,1H3. The van der Waals surface area contributed by atoms with Crippen LogP contribution in [0.25, 0.3) is 0 Å². The van der Waals surface area contributed by atoms with Crippen molar-refractivity contribution in [2.24, 2.45) is 0 Å². The predicted octanol–water partition coefficient (Wildman–Crippen LogP) is 4.30. The van der Waals surface area contributed by atoms with Gasteiger partial charge >= 0.3 is 0 Å². The number of hydrogen-bond donors (Lipinski definition) is 1. The minimum absolute atomic E-state index is 0.0621. The van der Waals surface area contributed by atoms with E-state index < -0.39 is 5.60 Å². The summed E-state index contributed by atoms with van der Waals surface area (Å²) in [6.07, 6.45) is 9.11. The summed E-state index contributed by atoms with van der Waals surface area (Å²) in [6, 6.07) is 7.69. The van der Waals surface area contributed by atoms with Crippen molar-refractivity contribution in [3.05, 3.63) is 35.4 Å². The Morgan fingerprint density at radius 1 is 1.10 bits per heavy atom. The molecule has 2 nitrogen and oxygen atoms in total. The number of hydrogen-bond acceptors (Lipinski definition) is 2. The molecule has 1 unspecified atom stereocenters. The van der Waals surface area contributed by atoms with E-state index in [0.717, 1.165) is 30.4 Å². The lowest BCUT2D eigenvalue weighted by Crippen LogP contribution is -2.42. The average Bonchev–Trinajstić information content (AvgIpc) is 2.47. The quantitative estimate of drug-likeness (QED) is 0.753. The third-order valence-corrected chi connectivity index (χ3v) is 4.44. The molecular weight excluding hydrogens is 248 g/mol. The van der Waals surface area contributed by atoms with Gasteiger partial charge in [-0.1, -0.05) is 69.7 Å². The van der Waals surface area contributed by atoms with Crippen molar-refractivity contribution in [1.29, 1.82) is 0 Å². The molecule has 1 atom stereocenters. The Balaban J connectivity index is 1.87. The first-order valence-corrected chi connectivity index (χ1v) is 8.02. The fourth-order valence-electron chi connectivity index (χ4n) is 3.10. The maximum atomic E-state index is 12.5. The van der Waals surface area contributed by atoms with Crippen LogP contribution in [0.5, 0.6) is 0 Å². The van der Waals surface area contributed by atoms with Crippen molar-refractivity contribution >= 4 is 5.78 Å². The number of rotatable bonds is 7. The molecule has 0 bridgehead atoms. The zero-order valence-electron chi connectivity index (χ0n) is 12.5. The van der Waals surface area contributed by atoms with Crippen molar-refractivity contribution in [2.75, 3.05) is 0 Å². The van der Waals surface area contributed by atoms with Crippen LogP contribution in [0.4, 0.5) is 0 Å². The van der Waals surface area contributed by atoms with Gasteiger partial charge in [0, 0.05) is 5.56 Å². The van der Waals surface area contributed by atoms with Gasteiger partial charge in [0.15, 0.2) is 5.78 Å².